The summed E-state index contributed by atoms with van der Waals surface area (Å²) in [4.78, 5) is 22.3. The lowest BCUT2D eigenvalue weighted by atomic mass is 10.2. The van der Waals surface area contributed by atoms with Crippen LogP contribution in [0.1, 0.15) is 15.6 Å². The summed E-state index contributed by atoms with van der Waals surface area (Å²) in [5.41, 5.74) is 1.10. The molecule has 1 aliphatic rings. The zero-order valence-corrected chi connectivity index (χ0v) is 15.0. The van der Waals surface area contributed by atoms with Gasteiger partial charge in [0.2, 0.25) is 5.91 Å². The van der Waals surface area contributed by atoms with Gasteiger partial charge in [-0.1, -0.05) is 6.07 Å². The van der Waals surface area contributed by atoms with Crippen LogP contribution in [-0.4, -0.2) is 46.9 Å². The fourth-order valence-corrected chi connectivity index (χ4v) is 4.00. The van der Waals surface area contributed by atoms with Crippen molar-refractivity contribution in [3.63, 3.8) is 0 Å². The molecule has 0 radical (unpaired) electrons. The van der Waals surface area contributed by atoms with Crippen molar-refractivity contribution in [1.82, 2.24) is 14.8 Å². The smallest absolute Gasteiger partial charge is 0.227 e. The standard InChI is InChI=1S/C15H19N3OS2.ClH/c1-12-11-21-14(16-12)10-17-4-6-18(7-5-17)15(19)9-13-3-2-8-20-13;/h2-3,8,11H,4-7,9-10H2,1H3;1H. The van der Waals surface area contributed by atoms with E-state index in [2.05, 4.69) is 15.3 Å². The van der Waals surface area contributed by atoms with Crippen LogP contribution in [0.3, 0.4) is 0 Å². The largest absolute Gasteiger partial charge is 0.340 e. The molecule has 0 N–H and O–H groups in total. The Morgan fingerprint density at radius 2 is 2.05 bits per heavy atom. The zero-order valence-electron chi connectivity index (χ0n) is 12.5. The summed E-state index contributed by atoms with van der Waals surface area (Å²) in [6.07, 6.45) is 0.545. The van der Waals surface area contributed by atoms with Crippen LogP contribution in [0.25, 0.3) is 0 Å². The maximum Gasteiger partial charge on any atom is 0.227 e. The van der Waals surface area contributed by atoms with Crippen LogP contribution in [-0.2, 0) is 17.8 Å². The first-order valence-electron chi connectivity index (χ1n) is 7.14. The van der Waals surface area contributed by atoms with Crippen molar-refractivity contribution in [3.8, 4) is 0 Å². The van der Waals surface area contributed by atoms with E-state index in [0.717, 1.165) is 43.3 Å². The molecule has 0 bridgehead atoms. The summed E-state index contributed by atoms with van der Waals surface area (Å²) in [6.45, 7) is 6.47. The molecule has 1 fully saturated rings. The summed E-state index contributed by atoms with van der Waals surface area (Å²) >= 11 is 3.38. The fraction of sp³-hybridized carbons (Fsp3) is 0.467. The third-order valence-electron chi connectivity index (χ3n) is 3.66. The van der Waals surface area contributed by atoms with Crippen molar-refractivity contribution in [2.24, 2.45) is 0 Å². The number of rotatable bonds is 4. The van der Waals surface area contributed by atoms with E-state index in [9.17, 15) is 4.79 Å². The molecule has 0 atom stereocenters. The van der Waals surface area contributed by atoms with Crippen molar-refractivity contribution in [2.75, 3.05) is 26.2 Å². The molecule has 7 heteroatoms. The molecule has 0 aliphatic carbocycles. The quantitative estimate of drug-likeness (QED) is 0.844. The number of piperazine rings is 1. The molecule has 1 amide bonds. The van der Waals surface area contributed by atoms with Gasteiger partial charge >= 0.3 is 0 Å². The monoisotopic (exact) mass is 357 g/mol. The first-order valence-corrected chi connectivity index (χ1v) is 8.90. The van der Waals surface area contributed by atoms with Crippen molar-refractivity contribution in [1.29, 1.82) is 0 Å². The van der Waals surface area contributed by atoms with Gasteiger partial charge in [0.05, 0.1) is 13.0 Å². The van der Waals surface area contributed by atoms with E-state index in [1.807, 2.05) is 29.3 Å². The van der Waals surface area contributed by atoms with Crippen LogP contribution in [0.15, 0.2) is 22.9 Å². The van der Waals surface area contributed by atoms with Gasteiger partial charge in [0.25, 0.3) is 0 Å². The van der Waals surface area contributed by atoms with E-state index in [4.69, 9.17) is 0 Å². The van der Waals surface area contributed by atoms with Crippen LogP contribution in [0, 0.1) is 6.92 Å². The number of amides is 1. The number of hydrogen-bond acceptors (Lipinski definition) is 5. The highest BCUT2D eigenvalue weighted by atomic mass is 35.5. The molecule has 0 spiro atoms. The molecule has 1 saturated heterocycles. The molecule has 1 aliphatic heterocycles. The minimum absolute atomic E-state index is 0. The second-order valence-electron chi connectivity index (χ2n) is 5.30. The molecule has 3 rings (SSSR count). The molecule has 4 nitrogen and oxygen atoms in total. The molecule has 2 aromatic heterocycles. The number of aryl methyl sites for hydroxylation is 1. The van der Waals surface area contributed by atoms with Gasteiger partial charge < -0.3 is 4.90 Å². The highest BCUT2D eigenvalue weighted by Gasteiger charge is 2.21. The van der Waals surface area contributed by atoms with Gasteiger partial charge in [-0.25, -0.2) is 4.98 Å². The molecule has 22 heavy (non-hydrogen) atoms. The Labute approximate surface area is 145 Å². The highest BCUT2D eigenvalue weighted by Crippen LogP contribution is 2.15. The Hall–Kier alpha value is -0.950. The van der Waals surface area contributed by atoms with Gasteiger partial charge in [-0.05, 0) is 18.4 Å². The average Bonchev–Trinajstić information content (AvgIpc) is 3.12. The van der Waals surface area contributed by atoms with Crippen LogP contribution >= 0.6 is 35.1 Å². The van der Waals surface area contributed by atoms with E-state index < -0.39 is 0 Å². The maximum absolute atomic E-state index is 12.2. The lowest BCUT2D eigenvalue weighted by Gasteiger charge is -2.34. The van der Waals surface area contributed by atoms with Crippen LogP contribution in [0.4, 0.5) is 0 Å². The Morgan fingerprint density at radius 1 is 1.27 bits per heavy atom. The normalized spacial score (nSPS) is 15.6. The van der Waals surface area contributed by atoms with Gasteiger partial charge in [-0.15, -0.1) is 35.1 Å². The van der Waals surface area contributed by atoms with E-state index in [0.29, 0.717) is 6.42 Å². The molecule has 0 unspecified atom stereocenters. The zero-order chi connectivity index (χ0) is 14.7. The molecular formula is C15H20ClN3OS2. The first kappa shape index (κ1) is 17.4. The minimum Gasteiger partial charge on any atom is -0.340 e. The second-order valence-corrected chi connectivity index (χ2v) is 7.27. The topological polar surface area (TPSA) is 36.4 Å². The third-order valence-corrected chi connectivity index (χ3v) is 5.48. The van der Waals surface area contributed by atoms with Crippen molar-refractivity contribution in [3.05, 3.63) is 38.5 Å². The SMILES string of the molecule is Cc1csc(CN2CCN(C(=O)Cc3cccs3)CC2)n1.Cl. The minimum atomic E-state index is 0. The second kappa shape index (κ2) is 8.06. The van der Waals surface area contributed by atoms with E-state index in [1.165, 1.54) is 5.01 Å². The summed E-state index contributed by atoms with van der Waals surface area (Å²) < 4.78 is 0. The number of halogens is 1. The van der Waals surface area contributed by atoms with Crippen LogP contribution in [0.2, 0.25) is 0 Å². The number of nitrogens with zero attached hydrogens (tertiary/aromatic N) is 3. The lowest BCUT2D eigenvalue weighted by molar-refractivity contribution is -0.132. The lowest BCUT2D eigenvalue weighted by Crippen LogP contribution is -2.48. The summed E-state index contributed by atoms with van der Waals surface area (Å²) in [5.74, 6) is 0.252. The van der Waals surface area contributed by atoms with Crippen molar-refractivity contribution < 1.29 is 4.79 Å². The molecule has 3 heterocycles. The number of carbonyl (C=O) groups is 1. The Balaban J connectivity index is 0.00000176. The first-order chi connectivity index (χ1) is 10.2. The molecule has 0 aromatic carbocycles. The summed E-state index contributed by atoms with van der Waals surface area (Å²) in [5, 5.41) is 5.29. The molecule has 120 valence electrons. The molecule has 2 aromatic rings. The predicted octanol–water partition coefficient (Wildman–Crippen LogP) is 2.82. The third kappa shape index (κ3) is 4.52. The van der Waals surface area contributed by atoms with Crippen molar-refractivity contribution in [2.45, 2.75) is 19.9 Å². The van der Waals surface area contributed by atoms with Gasteiger partial charge in [-0.3, -0.25) is 9.69 Å². The van der Waals surface area contributed by atoms with Gasteiger partial charge in [0, 0.05) is 42.1 Å². The Morgan fingerprint density at radius 3 is 2.64 bits per heavy atom. The Kier molecular flexibility index (Phi) is 6.37. The number of thiophene rings is 1. The van der Waals surface area contributed by atoms with Crippen LogP contribution in [0.5, 0.6) is 0 Å². The predicted molar refractivity (Wildman–Crippen MR) is 94.0 cm³/mol. The Bertz CT molecular complexity index is 592. The number of carbonyl (C=O) groups excluding carboxylic acids is 1. The number of aromatic nitrogens is 1. The highest BCUT2D eigenvalue weighted by molar-refractivity contribution is 7.10. The summed E-state index contributed by atoms with van der Waals surface area (Å²) in [6, 6.07) is 4.03. The van der Waals surface area contributed by atoms with E-state index in [-0.39, 0.29) is 18.3 Å². The van der Waals surface area contributed by atoms with Crippen LogP contribution < -0.4 is 0 Å². The summed E-state index contributed by atoms with van der Waals surface area (Å²) in [7, 11) is 0. The maximum atomic E-state index is 12.2. The molecule has 0 saturated carbocycles. The van der Waals surface area contributed by atoms with Crippen molar-refractivity contribution >= 4 is 41.0 Å². The molecular weight excluding hydrogens is 338 g/mol. The van der Waals surface area contributed by atoms with E-state index in [1.54, 1.807) is 22.7 Å². The van der Waals surface area contributed by atoms with Gasteiger partial charge in [0.1, 0.15) is 5.01 Å². The van der Waals surface area contributed by atoms with Gasteiger partial charge in [-0.2, -0.15) is 0 Å². The van der Waals surface area contributed by atoms with Gasteiger partial charge in [0.15, 0.2) is 0 Å². The van der Waals surface area contributed by atoms with E-state index >= 15 is 0 Å². The fourth-order valence-electron chi connectivity index (χ4n) is 2.50. The number of thiazole rings is 1. The number of hydrogen-bond donors (Lipinski definition) is 0. The average molecular weight is 358 g/mol.